The summed E-state index contributed by atoms with van der Waals surface area (Å²) in [5.74, 6) is 0. The van der Waals surface area contributed by atoms with E-state index in [1.165, 1.54) is 10.4 Å². The largest absolute Gasteiger partial charge is 0.444 e. The van der Waals surface area contributed by atoms with E-state index in [1.54, 1.807) is 18.1 Å². The molecule has 0 aromatic heterocycles. The predicted octanol–water partition coefficient (Wildman–Crippen LogP) is 8.29. The third kappa shape index (κ3) is 10.4. The Morgan fingerprint density at radius 2 is 1.22 bits per heavy atom. The molecule has 5 atom stereocenters. The molecule has 1 saturated heterocycles. The molecular formula is C46H59NO7Si. The van der Waals surface area contributed by atoms with Crippen LogP contribution in [0.25, 0.3) is 0 Å². The first kappa shape index (κ1) is 42.1. The SMILES string of the molecule is C=C[C@@H]1[C@@H](OCc2ccccc2)[C@H](OCc2ccccc2)[C@H]([C@H](CCO[Si](c2ccccc2)(c2ccccc2)C(C)(C)C)OCOC)N1C(=O)OC(C)(C)C. The van der Waals surface area contributed by atoms with Gasteiger partial charge in [0.1, 0.15) is 24.6 Å². The van der Waals surface area contributed by atoms with Crippen molar-refractivity contribution in [3.63, 3.8) is 0 Å². The number of methoxy groups -OCH3 is 1. The number of hydrogen-bond acceptors (Lipinski definition) is 7. The maximum absolute atomic E-state index is 14.4. The first-order valence-corrected chi connectivity index (χ1v) is 21.1. The van der Waals surface area contributed by atoms with Crippen LogP contribution in [-0.2, 0) is 41.3 Å². The standard InChI is InChI=1S/C46H59NO7Si/c1-9-39-42(50-32-35-22-14-10-15-23-35)43(51-33-36-24-16-11-17-25-36)41(47(39)44(48)54-45(2,3)4)40(52-34-49-8)30-31-53-55(46(5,6)7,37-26-18-12-19-27-37)38-28-20-13-21-29-38/h9-29,39-43H,1,30-34H2,2-8H3/t39-,40+,41+,42-,43-/m1/s1. The van der Waals surface area contributed by atoms with Gasteiger partial charge in [-0.05, 0) is 53.7 Å². The summed E-state index contributed by atoms with van der Waals surface area (Å²) in [6, 6.07) is 39.9. The van der Waals surface area contributed by atoms with Gasteiger partial charge in [0, 0.05) is 13.7 Å². The number of benzene rings is 4. The number of hydrogen-bond donors (Lipinski definition) is 0. The molecule has 0 N–H and O–H groups in total. The maximum Gasteiger partial charge on any atom is 0.411 e. The van der Waals surface area contributed by atoms with Gasteiger partial charge < -0.3 is 28.1 Å². The van der Waals surface area contributed by atoms with Gasteiger partial charge in [-0.15, -0.1) is 6.58 Å². The van der Waals surface area contributed by atoms with Crippen molar-refractivity contribution in [3.05, 3.63) is 145 Å². The highest BCUT2D eigenvalue weighted by Gasteiger charge is 2.56. The normalized spacial score (nSPS) is 19.6. The van der Waals surface area contributed by atoms with Crippen molar-refractivity contribution in [3.8, 4) is 0 Å². The van der Waals surface area contributed by atoms with Gasteiger partial charge in [-0.1, -0.05) is 148 Å². The third-order valence-corrected chi connectivity index (χ3v) is 15.0. The fraction of sp³-hybridized carbons (Fsp3) is 0.413. The van der Waals surface area contributed by atoms with Crippen molar-refractivity contribution in [1.29, 1.82) is 0 Å². The minimum absolute atomic E-state index is 0.00222. The van der Waals surface area contributed by atoms with Gasteiger partial charge in [0.15, 0.2) is 0 Å². The second kappa shape index (κ2) is 19.2. The summed E-state index contributed by atoms with van der Waals surface area (Å²) in [6.45, 7) is 17.5. The van der Waals surface area contributed by atoms with Crippen LogP contribution in [-0.4, -0.2) is 75.8 Å². The second-order valence-electron chi connectivity index (χ2n) is 16.0. The van der Waals surface area contributed by atoms with Crippen molar-refractivity contribution in [1.82, 2.24) is 4.90 Å². The molecule has 4 aromatic rings. The number of carbonyl (C=O) groups excluding carboxylic acids is 1. The van der Waals surface area contributed by atoms with Crippen LogP contribution in [0, 0.1) is 0 Å². The summed E-state index contributed by atoms with van der Waals surface area (Å²) < 4.78 is 39.2. The minimum Gasteiger partial charge on any atom is -0.444 e. The average Bonchev–Trinajstić information content (AvgIpc) is 3.49. The zero-order valence-corrected chi connectivity index (χ0v) is 34.6. The van der Waals surface area contributed by atoms with Crippen LogP contribution in [0.1, 0.15) is 59.1 Å². The molecule has 1 amide bonds. The van der Waals surface area contributed by atoms with E-state index >= 15 is 0 Å². The molecule has 4 aromatic carbocycles. The quantitative estimate of drug-likeness (QED) is 0.0609. The van der Waals surface area contributed by atoms with E-state index in [0.29, 0.717) is 26.2 Å². The first-order chi connectivity index (χ1) is 26.4. The van der Waals surface area contributed by atoms with Crippen molar-refractivity contribution in [2.24, 2.45) is 0 Å². The first-order valence-electron chi connectivity index (χ1n) is 19.2. The zero-order chi connectivity index (χ0) is 39.5. The van der Waals surface area contributed by atoms with E-state index in [4.69, 9.17) is 28.1 Å². The molecule has 5 rings (SSSR count). The molecule has 1 fully saturated rings. The number of rotatable bonds is 17. The summed E-state index contributed by atoms with van der Waals surface area (Å²) in [7, 11) is -1.29. The zero-order valence-electron chi connectivity index (χ0n) is 33.6. The average molecular weight is 766 g/mol. The smallest absolute Gasteiger partial charge is 0.411 e. The Bertz CT molecular complexity index is 1710. The van der Waals surface area contributed by atoms with Crippen LogP contribution in [0.3, 0.4) is 0 Å². The molecule has 1 heterocycles. The summed E-state index contributed by atoms with van der Waals surface area (Å²) in [4.78, 5) is 16.1. The lowest BCUT2D eigenvalue weighted by Crippen LogP contribution is -2.66. The molecule has 0 bridgehead atoms. The Morgan fingerprint density at radius 1 is 0.745 bits per heavy atom. The van der Waals surface area contributed by atoms with Gasteiger partial charge in [-0.25, -0.2) is 4.79 Å². The van der Waals surface area contributed by atoms with Crippen LogP contribution in [0.15, 0.2) is 134 Å². The molecule has 294 valence electrons. The van der Waals surface area contributed by atoms with Crippen LogP contribution >= 0.6 is 0 Å². The number of ether oxygens (including phenoxy) is 5. The predicted molar refractivity (Wildman–Crippen MR) is 221 cm³/mol. The topological polar surface area (TPSA) is 75.7 Å². The highest BCUT2D eigenvalue weighted by atomic mass is 28.4. The number of nitrogens with zero attached hydrogens (tertiary/aromatic N) is 1. The second-order valence-corrected chi connectivity index (χ2v) is 20.3. The maximum atomic E-state index is 14.4. The molecule has 1 aliphatic heterocycles. The molecule has 55 heavy (non-hydrogen) atoms. The Hall–Kier alpha value is -4.09. The van der Waals surface area contributed by atoms with E-state index in [0.717, 1.165) is 11.1 Å². The number of carbonyl (C=O) groups is 1. The molecule has 0 unspecified atom stereocenters. The van der Waals surface area contributed by atoms with E-state index in [1.807, 2.05) is 93.6 Å². The molecular weight excluding hydrogens is 707 g/mol. The molecule has 0 saturated carbocycles. The highest BCUT2D eigenvalue weighted by Crippen LogP contribution is 2.39. The van der Waals surface area contributed by atoms with E-state index in [9.17, 15) is 4.79 Å². The molecule has 0 radical (unpaired) electrons. The Kier molecular flexibility index (Phi) is 14.7. The molecule has 9 heteroatoms. The van der Waals surface area contributed by atoms with Gasteiger partial charge in [0.05, 0.1) is 31.4 Å². The van der Waals surface area contributed by atoms with Crippen LogP contribution in [0.2, 0.25) is 5.04 Å². The van der Waals surface area contributed by atoms with Gasteiger partial charge in [0.25, 0.3) is 8.32 Å². The van der Waals surface area contributed by atoms with Crippen LogP contribution in [0.4, 0.5) is 4.79 Å². The van der Waals surface area contributed by atoms with Crippen molar-refractivity contribution in [2.45, 2.75) is 102 Å². The van der Waals surface area contributed by atoms with E-state index in [-0.39, 0.29) is 11.8 Å². The fourth-order valence-electron chi connectivity index (χ4n) is 7.62. The lowest BCUT2D eigenvalue weighted by atomic mass is 10.0. The van der Waals surface area contributed by atoms with Gasteiger partial charge in [0.2, 0.25) is 0 Å². The monoisotopic (exact) mass is 765 g/mol. The van der Waals surface area contributed by atoms with Crippen LogP contribution < -0.4 is 10.4 Å². The lowest BCUT2D eigenvalue weighted by Gasteiger charge is -2.43. The molecule has 8 nitrogen and oxygen atoms in total. The van der Waals surface area contributed by atoms with Gasteiger partial charge in [-0.3, -0.25) is 4.90 Å². The van der Waals surface area contributed by atoms with Crippen molar-refractivity contribution in [2.75, 3.05) is 20.5 Å². The van der Waals surface area contributed by atoms with Gasteiger partial charge in [-0.2, -0.15) is 0 Å². The number of amides is 1. The summed E-state index contributed by atoms with van der Waals surface area (Å²) in [5.41, 5.74) is 1.25. The van der Waals surface area contributed by atoms with Crippen LogP contribution in [0.5, 0.6) is 0 Å². The van der Waals surface area contributed by atoms with E-state index < -0.39 is 50.4 Å². The molecule has 0 spiro atoms. The highest BCUT2D eigenvalue weighted by molar-refractivity contribution is 6.99. The summed E-state index contributed by atoms with van der Waals surface area (Å²) >= 11 is 0. The van der Waals surface area contributed by atoms with E-state index in [2.05, 4.69) is 75.9 Å². The Balaban J connectivity index is 1.57. The Labute approximate surface area is 329 Å². The molecule has 1 aliphatic rings. The van der Waals surface area contributed by atoms with Crippen molar-refractivity contribution < 1.29 is 32.9 Å². The third-order valence-electron chi connectivity index (χ3n) is 9.97. The fourth-order valence-corrected chi connectivity index (χ4v) is 12.2. The summed E-state index contributed by atoms with van der Waals surface area (Å²) in [6.07, 6.45) is -0.137. The lowest BCUT2D eigenvalue weighted by molar-refractivity contribution is -0.132. The van der Waals surface area contributed by atoms with Crippen molar-refractivity contribution >= 4 is 24.8 Å². The number of likely N-dealkylation sites (tertiary alicyclic amines) is 1. The molecule has 0 aliphatic carbocycles. The Morgan fingerprint density at radius 3 is 1.65 bits per heavy atom. The minimum atomic E-state index is -2.88. The van der Waals surface area contributed by atoms with Gasteiger partial charge >= 0.3 is 6.09 Å². The summed E-state index contributed by atoms with van der Waals surface area (Å²) in [5, 5.41) is 2.15.